The summed E-state index contributed by atoms with van der Waals surface area (Å²) >= 11 is 4.96. The molecule has 0 aliphatic heterocycles. The van der Waals surface area contributed by atoms with Crippen molar-refractivity contribution >= 4 is 33.4 Å². The van der Waals surface area contributed by atoms with Gasteiger partial charge in [0.25, 0.3) is 5.69 Å². The number of aryl methyl sites for hydroxylation is 1. The third-order valence-electron chi connectivity index (χ3n) is 4.18. The Kier molecular flexibility index (Phi) is 5.46. The van der Waals surface area contributed by atoms with Crippen LogP contribution in [0, 0.1) is 17.0 Å². The van der Waals surface area contributed by atoms with Crippen LogP contribution in [0.25, 0.3) is 22.9 Å². The summed E-state index contributed by atoms with van der Waals surface area (Å²) in [4.78, 5) is 12.7. The highest BCUT2D eigenvalue weighted by molar-refractivity contribution is 9.10. The molecule has 0 fully saturated rings. The van der Waals surface area contributed by atoms with Crippen LogP contribution in [0.5, 0.6) is 0 Å². The number of rotatable bonds is 5. The minimum Gasteiger partial charge on any atom is -0.416 e. The topological polar surface area (TPSA) is 82.1 Å². The number of aromatic nitrogens is 2. The number of hydrogen-bond acceptors (Lipinski definition) is 6. The average molecular weight is 468 g/mol. The van der Waals surface area contributed by atoms with Crippen molar-refractivity contribution in [2.45, 2.75) is 16.7 Å². The normalized spacial score (nSPS) is 10.8. The van der Waals surface area contributed by atoms with E-state index in [0.29, 0.717) is 11.5 Å². The van der Waals surface area contributed by atoms with Crippen LogP contribution in [0.4, 0.5) is 5.69 Å². The minimum atomic E-state index is -0.436. The fraction of sp³-hybridized carbons (Fsp3) is 0.0476. The predicted molar refractivity (Wildman–Crippen MR) is 115 cm³/mol. The number of non-ortho nitro benzene ring substituents is 1. The van der Waals surface area contributed by atoms with Crippen LogP contribution in [0.2, 0.25) is 0 Å². The Balaban J connectivity index is 1.77. The Hall–Kier alpha value is -2.97. The second kappa shape index (κ2) is 8.18. The summed E-state index contributed by atoms with van der Waals surface area (Å²) in [7, 11) is 0. The molecule has 4 rings (SSSR count). The summed E-state index contributed by atoms with van der Waals surface area (Å²) in [6, 6.07) is 20.2. The van der Waals surface area contributed by atoms with E-state index in [4.69, 9.17) is 4.42 Å². The Morgan fingerprint density at radius 3 is 2.34 bits per heavy atom. The third kappa shape index (κ3) is 4.23. The number of hydrogen-bond donors (Lipinski definition) is 0. The summed E-state index contributed by atoms with van der Waals surface area (Å²) in [6.45, 7) is 2.02. The van der Waals surface area contributed by atoms with Gasteiger partial charge in [0, 0.05) is 26.4 Å². The molecular formula is C21H14BrN3O3S. The molecule has 0 N–H and O–H groups in total. The van der Waals surface area contributed by atoms with Gasteiger partial charge in [0.05, 0.1) is 16.1 Å². The van der Waals surface area contributed by atoms with Gasteiger partial charge in [-0.2, -0.15) is 0 Å². The van der Waals surface area contributed by atoms with Crippen molar-refractivity contribution in [3.63, 3.8) is 0 Å². The molecule has 0 aliphatic rings. The zero-order chi connectivity index (χ0) is 20.4. The van der Waals surface area contributed by atoms with Crippen LogP contribution >= 0.6 is 27.7 Å². The highest BCUT2D eigenvalue weighted by atomic mass is 79.9. The lowest BCUT2D eigenvalue weighted by Crippen LogP contribution is -1.91. The summed E-state index contributed by atoms with van der Waals surface area (Å²) in [5.41, 5.74) is 2.40. The molecule has 1 aromatic heterocycles. The van der Waals surface area contributed by atoms with Gasteiger partial charge < -0.3 is 4.42 Å². The van der Waals surface area contributed by atoms with Gasteiger partial charge in [-0.25, -0.2) is 0 Å². The summed E-state index contributed by atoms with van der Waals surface area (Å²) in [6.07, 6.45) is 0. The Morgan fingerprint density at radius 2 is 1.66 bits per heavy atom. The van der Waals surface area contributed by atoms with Crippen LogP contribution in [0.3, 0.4) is 0 Å². The lowest BCUT2D eigenvalue weighted by molar-refractivity contribution is -0.384. The monoisotopic (exact) mass is 467 g/mol. The van der Waals surface area contributed by atoms with Gasteiger partial charge >= 0.3 is 0 Å². The van der Waals surface area contributed by atoms with Crippen LogP contribution in [0.1, 0.15) is 5.56 Å². The maximum Gasteiger partial charge on any atom is 0.270 e. The Bertz CT molecular complexity index is 1190. The second-order valence-corrected chi connectivity index (χ2v) is 8.21. The van der Waals surface area contributed by atoms with E-state index in [-0.39, 0.29) is 11.6 Å². The van der Waals surface area contributed by atoms with Crippen LogP contribution in [-0.2, 0) is 0 Å². The first-order valence-corrected chi connectivity index (χ1v) is 10.2. The molecule has 0 amide bonds. The lowest BCUT2D eigenvalue weighted by Gasteiger charge is -2.07. The first-order valence-electron chi connectivity index (χ1n) is 8.63. The van der Waals surface area contributed by atoms with E-state index in [1.807, 2.05) is 55.5 Å². The molecule has 0 radical (unpaired) electrons. The molecule has 0 atom stereocenters. The van der Waals surface area contributed by atoms with Gasteiger partial charge in [-0.1, -0.05) is 41.6 Å². The molecule has 0 aliphatic carbocycles. The van der Waals surface area contributed by atoms with Gasteiger partial charge in [0.2, 0.25) is 11.8 Å². The first-order chi connectivity index (χ1) is 14.0. The maximum atomic E-state index is 11.3. The Labute approximate surface area is 179 Å². The van der Waals surface area contributed by atoms with Gasteiger partial charge in [0.15, 0.2) is 0 Å². The van der Waals surface area contributed by atoms with Crippen molar-refractivity contribution in [3.05, 3.63) is 86.9 Å². The van der Waals surface area contributed by atoms with Gasteiger partial charge in [-0.05, 0) is 53.2 Å². The fourth-order valence-electron chi connectivity index (χ4n) is 2.70. The van der Waals surface area contributed by atoms with Crippen LogP contribution in [0.15, 0.2) is 85.4 Å². The summed E-state index contributed by atoms with van der Waals surface area (Å²) < 4.78 is 6.70. The van der Waals surface area contributed by atoms with E-state index in [9.17, 15) is 10.1 Å². The van der Waals surface area contributed by atoms with E-state index in [0.717, 1.165) is 25.4 Å². The van der Waals surface area contributed by atoms with Crippen molar-refractivity contribution < 1.29 is 9.34 Å². The molecule has 0 saturated carbocycles. The average Bonchev–Trinajstić information content (AvgIpc) is 3.20. The molecule has 0 spiro atoms. The van der Waals surface area contributed by atoms with E-state index >= 15 is 0 Å². The standard InChI is InChI=1S/C21H14BrN3O3S/c1-13-6-9-15(10-7-13)29-19-11-8-14(25(26)27)12-17(19)21-24-23-20(28-21)16-4-2-3-5-18(16)22/h2-12H,1H3. The van der Waals surface area contributed by atoms with Crippen molar-refractivity contribution in [1.82, 2.24) is 10.2 Å². The van der Waals surface area contributed by atoms with Gasteiger partial charge in [0.1, 0.15) is 0 Å². The predicted octanol–water partition coefficient (Wildman–Crippen LogP) is 6.53. The molecule has 3 aromatic carbocycles. The van der Waals surface area contributed by atoms with Crippen molar-refractivity contribution in [3.8, 4) is 22.9 Å². The summed E-state index contributed by atoms with van der Waals surface area (Å²) in [5, 5.41) is 19.6. The molecule has 8 heteroatoms. The highest BCUT2D eigenvalue weighted by Crippen LogP contribution is 2.39. The largest absolute Gasteiger partial charge is 0.416 e. The zero-order valence-electron chi connectivity index (χ0n) is 15.2. The highest BCUT2D eigenvalue weighted by Gasteiger charge is 2.19. The van der Waals surface area contributed by atoms with Crippen LogP contribution in [-0.4, -0.2) is 15.1 Å². The first kappa shape index (κ1) is 19.4. The van der Waals surface area contributed by atoms with E-state index in [1.165, 1.54) is 23.9 Å². The Morgan fingerprint density at radius 1 is 0.966 bits per heavy atom. The number of benzene rings is 3. The maximum absolute atomic E-state index is 11.3. The number of nitro benzene ring substituents is 1. The van der Waals surface area contributed by atoms with E-state index in [2.05, 4.69) is 26.1 Å². The van der Waals surface area contributed by atoms with Crippen molar-refractivity contribution in [1.29, 1.82) is 0 Å². The van der Waals surface area contributed by atoms with Gasteiger partial charge in [-0.15, -0.1) is 10.2 Å². The van der Waals surface area contributed by atoms with E-state index < -0.39 is 4.92 Å². The van der Waals surface area contributed by atoms with Gasteiger partial charge in [-0.3, -0.25) is 10.1 Å². The molecule has 0 unspecified atom stereocenters. The minimum absolute atomic E-state index is 0.0334. The molecule has 144 valence electrons. The van der Waals surface area contributed by atoms with Crippen LogP contribution < -0.4 is 0 Å². The second-order valence-electron chi connectivity index (χ2n) is 6.24. The molecule has 0 saturated heterocycles. The fourth-order valence-corrected chi connectivity index (χ4v) is 4.07. The SMILES string of the molecule is Cc1ccc(Sc2ccc([N+](=O)[O-])cc2-c2nnc(-c3ccccc3Br)o2)cc1. The van der Waals surface area contributed by atoms with Crippen molar-refractivity contribution in [2.24, 2.45) is 0 Å². The zero-order valence-corrected chi connectivity index (χ0v) is 17.6. The molecule has 0 bridgehead atoms. The summed E-state index contributed by atoms with van der Waals surface area (Å²) in [5.74, 6) is 0.569. The number of nitrogens with zero attached hydrogens (tertiary/aromatic N) is 3. The molecule has 4 aromatic rings. The van der Waals surface area contributed by atoms with Crippen molar-refractivity contribution in [2.75, 3.05) is 0 Å². The third-order valence-corrected chi connectivity index (χ3v) is 5.96. The lowest BCUT2D eigenvalue weighted by atomic mass is 10.2. The number of halogens is 1. The molecular weight excluding hydrogens is 454 g/mol. The quantitative estimate of drug-likeness (QED) is 0.245. The molecule has 6 nitrogen and oxygen atoms in total. The smallest absolute Gasteiger partial charge is 0.270 e. The molecule has 1 heterocycles. The molecule has 29 heavy (non-hydrogen) atoms. The number of nitro groups is 1. The van der Waals surface area contributed by atoms with E-state index in [1.54, 1.807) is 6.07 Å².